The van der Waals surface area contributed by atoms with E-state index in [1.54, 1.807) is 24.3 Å². The number of aliphatic hydroxyl groups is 4. The molecule has 0 amide bonds. The van der Waals surface area contributed by atoms with Gasteiger partial charge in [0, 0.05) is 49.3 Å². The topological polar surface area (TPSA) is 329 Å². The van der Waals surface area contributed by atoms with Gasteiger partial charge >= 0.3 is 59.1 Å². The van der Waals surface area contributed by atoms with Crippen LogP contribution in [0.2, 0.25) is 0 Å². The minimum Gasteiger partial charge on any atom is -0.748 e. The van der Waals surface area contributed by atoms with Crippen LogP contribution in [0.3, 0.4) is 0 Å². The number of nitrogens with zero attached hydrogens (tertiary/aromatic N) is 7. The van der Waals surface area contributed by atoms with E-state index in [4.69, 9.17) is 10.2 Å². The Morgan fingerprint density at radius 2 is 1.35 bits per heavy atom. The fourth-order valence-electron chi connectivity index (χ4n) is 3.11. The fourth-order valence-corrected chi connectivity index (χ4v) is 3.69. The van der Waals surface area contributed by atoms with Crippen molar-refractivity contribution in [1.29, 1.82) is 0 Å². The molecule has 1 aromatic carbocycles. The Kier molecular flexibility index (Phi) is 21.3. The van der Waals surface area contributed by atoms with Crippen molar-refractivity contribution in [1.82, 2.24) is 29.9 Å². The van der Waals surface area contributed by atoms with Crippen molar-refractivity contribution in [2.45, 2.75) is 12.2 Å². The van der Waals surface area contributed by atoms with Crippen LogP contribution in [-0.4, -0.2) is 126 Å². The third-order valence-electron chi connectivity index (χ3n) is 5.11. The molecule has 3 aromatic rings. The van der Waals surface area contributed by atoms with E-state index in [1.807, 2.05) is 0 Å². The Hall–Kier alpha value is -2.11. The van der Waals surface area contributed by atoms with Gasteiger partial charge in [0.15, 0.2) is 0 Å². The number of aromatic nitrogens is 6. The molecule has 0 saturated carbocycles. The average Bonchev–Trinajstić information content (AvgIpc) is 3.01. The van der Waals surface area contributed by atoms with E-state index in [-0.39, 0.29) is 120 Å². The molecule has 9 N–H and O–H groups in total. The molecular weight excluding hydrogens is 702 g/mol. The third kappa shape index (κ3) is 17.5. The van der Waals surface area contributed by atoms with Gasteiger partial charge in [-0.1, -0.05) is 6.07 Å². The van der Waals surface area contributed by atoms with Crippen LogP contribution in [0.4, 0.5) is 47.1 Å². The van der Waals surface area contributed by atoms with Crippen molar-refractivity contribution in [3.05, 3.63) is 24.3 Å². The Labute approximate surface area is 322 Å². The first kappa shape index (κ1) is 43.9. The van der Waals surface area contributed by atoms with E-state index in [0.29, 0.717) is 23.4 Å². The molecule has 2 aromatic heterocycles. The molecule has 2 unspecified atom stereocenters. The van der Waals surface area contributed by atoms with E-state index in [2.05, 4.69) is 70.9 Å². The normalized spacial score (nSPS) is 12.4. The molecule has 26 heteroatoms. The van der Waals surface area contributed by atoms with Crippen molar-refractivity contribution in [3.63, 3.8) is 0 Å². The van der Waals surface area contributed by atoms with Gasteiger partial charge in [0.1, 0.15) is 0 Å². The molecule has 3 rings (SSSR count). The number of hydrogen-bond donors (Lipinski definition) is 9. The summed E-state index contributed by atoms with van der Waals surface area (Å²) in [5.74, 6) is -0.669. The van der Waals surface area contributed by atoms with Crippen LogP contribution in [0.15, 0.2) is 29.3 Å². The molecule has 0 aliphatic carbocycles. The predicted octanol–water partition coefficient (Wildman–Crippen LogP) is -8.39. The number of aliphatic imine (C=N–C) groups is 1. The maximum atomic E-state index is 11.0. The van der Waals surface area contributed by atoms with E-state index in [0.717, 1.165) is 0 Å². The molecule has 0 bridgehead atoms. The van der Waals surface area contributed by atoms with Crippen LogP contribution >= 0.6 is 12.0 Å². The van der Waals surface area contributed by atoms with Crippen LogP contribution in [0, 0.1) is 0 Å². The molecule has 22 nitrogen and oxygen atoms in total. The van der Waals surface area contributed by atoms with E-state index >= 15 is 0 Å². The number of rotatable bonds is 21. The summed E-state index contributed by atoms with van der Waals surface area (Å²) in [4.78, 5) is 29.1. The van der Waals surface area contributed by atoms with Crippen molar-refractivity contribution < 1.29 is 107 Å². The molecule has 0 saturated heterocycles. The summed E-state index contributed by atoms with van der Waals surface area (Å²) in [6, 6.07) is 6.67. The van der Waals surface area contributed by atoms with Crippen molar-refractivity contribution >= 4 is 75.4 Å². The van der Waals surface area contributed by atoms with Gasteiger partial charge in [0.05, 0.1) is 47.0 Å². The molecule has 0 aliphatic rings. The van der Waals surface area contributed by atoms with Crippen LogP contribution in [0.1, 0.15) is 0 Å². The zero-order chi connectivity index (χ0) is 33.4. The summed E-state index contributed by atoms with van der Waals surface area (Å²) in [7, 11) is -4.49. The van der Waals surface area contributed by atoms with Gasteiger partial charge in [-0.2, -0.15) is 34.2 Å². The van der Waals surface area contributed by atoms with Crippen molar-refractivity contribution in [2.24, 2.45) is 4.99 Å². The summed E-state index contributed by atoms with van der Waals surface area (Å²) in [6.45, 7) is -1.46. The monoisotopic (exact) mass is 732 g/mol. The number of hydrogen-bond acceptors (Lipinski definition) is 23. The predicted molar refractivity (Wildman–Crippen MR) is 162 cm³/mol. The fraction of sp³-hybridized carbons (Fsp3) is 0.409. The maximum absolute atomic E-state index is 11.0. The number of anilines is 7. The minimum absolute atomic E-state index is 0. The number of nitrogens with one attached hydrogen (secondary N) is 5. The Morgan fingerprint density at radius 1 is 0.854 bits per heavy atom. The standard InChI is InChI=1S/C22H32N12O10S2.2Na/c35-11-15(37)9-25-19-29-17(23-4-6-45-44-43-39)31-21(33-19)27-13-2-1-3-14(8-13)28-22-32-18(24-5-7-46(40,41)42)30-20(34-22)26-10-16(38)12-36;;/h1-4,8,15-16,35-39H,5-7,9-12H2,(H,40,41,42)(H2,25,27,29,31,33)(H3,24,26,28,30,32,34);;/q;2*+1/p-2/b23-4-;;. The maximum Gasteiger partial charge on any atom is 1.00 e. The quantitative estimate of drug-likeness (QED) is 0.00933. The number of aliphatic hydroxyl groups excluding tert-OH is 4. The molecule has 252 valence electrons. The molecule has 0 spiro atoms. The molecule has 0 fully saturated rings. The molecular formula is C22H30N12Na2O10S2. The van der Waals surface area contributed by atoms with Gasteiger partial charge in [-0.15, -0.1) is 0 Å². The van der Waals surface area contributed by atoms with Crippen LogP contribution in [0.5, 0.6) is 0 Å². The second-order valence-electron chi connectivity index (χ2n) is 8.78. The van der Waals surface area contributed by atoms with Crippen LogP contribution < -0.4 is 91.0 Å². The molecule has 48 heavy (non-hydrogen) atoms. The zero-order valence-electron chi connectivity index (χ0n) is 25.7. The first-order valence-corrected chi connectivity index (χ1v) is 15.6. The first-order valence-electron chi connectivity index (χ1n) is 13.1. The summed E-state index contributed by atoms with van der Waals surface area (Å²) in [6.07, 6.45) is -0.837. The molecule has 0 radical (unpaired) electrons. The average molecular weight is 733 g/mol. The SMILES string of the molecule is O=S(=O)([O-])CCNc1nc(NCC(O)CO)nc(Nc2cccc(Nc3nc(/N=C\CSOO[O-])nc(NCC(O)CO)n3)c2)n1.[Na+].[Na+]. The van der Waals surface area contributed by atoms with Crippen molar-refractivity contribution in [2.75, 3.05) is 70.9 Å². The Balaban J connectivity index is 0.00000576. The van der Waals surface area contributed by atoms with Gasteiger partial charge in [-0.3, -0.25) is 5.04 Å². The van der Waals surface area contributed by atoms with Gasteiger partial charge in [-0.05, 0) is 18.2 Å². The van der Waals surface area contributed by atoms with Gasteiger partial charge in [0.2, 0.25) is 29.7 Å². The first-order chi connectivity index (χ1) is 22.1. The molecule has 2 atom stereocenters. The zero-order valence-corrected chi connectivity index (χ0v) is 31.3. The second-order valence-corrected chi connectivity index (χ2v) is 11.0. The number of benzene rings is 1. The van der Waals surface area contributed by atoms with Crippen LogP contribution in [-0.2, 0) is 19.5 Å². The smallest absolute Gasteiger partial charge is 0.748 e. The Morgan fingerprint density at radius 3 is 1.90 bits per heavy atom. The van der Waals surface area contributed by atoms with E-state index in [1.165, 1.54) is 6.21 Å². The summed E-state index contributed by atoms with van der Waals surface area (Å²) in [5.41, 5.74) is 0.932. The van der Waals surface area contributed by atoms with E-state index < -0.39 is 41.3 Å². The summed E-state index contributed by atoms with van der Waals surface area (Å²) < 4.78 is 37.1. The second kappa shape index (κ2) is 23.3. The van der Waals surface area contributed by atoms with Crippen LogP contribution in [0.25, 0.3) is 0 Å². The molecule has 2 heterocycles. The third-order valence-corrected chi connectivity index (χ3v) is 6.25. The van der Waals surface area contributed by atoms with Gasteiger partial charge in [-0.25, -0.2) is 13.4 Å². The van der Waals surface area contributed by atoms with Crippen molar-refractivity contribution in [3.8, 4) is 0 Å². The largest absolute Gasteiger partial charge is 1.00 e. The Bertz CT molecular complexity index is 1540. The van der Waals surface area contributed by atoms with E-state index in [9.17, 15) is 28.4 Å². The molecule has 0 aliphatic heterocycles. The van der Waals surface area contributed by atoms with Gasteiger partial charge in [0.25, 0.3) is 5.95 Å². The summed E-state index contributed by atoms with van der Waals surface area (Å²) in [5, 5.41) is 64.7. The minimum atomic E-state index is -4.49. The summed E-state index contributed by atoms with van der Waals surface area (Å²) >= 11 is 0.680. The van der Waals surface area contributed by atoms with Gasteiger partial charge < -0.3 is 56.8 Å².